The molecule has 2 aromatic rings. The van der Waals surface area contributed by atoms with E-state index in [1.165, 1.54) is 43.0 Å². The van der Waals surface area contributed by atoms with Crippen molar-refractivity contribution in [2.24, 2.45) is 0 Å². The van der Waals surface area contributed by atoms with Crippen molar-refractivity contribution >= 4 is 20.1 Å². The molecule has 0 aliphatic heterocycles. The Morgan fingerprint density at radius 1 is 0.696 bits per heavy atom. The van der Waals surface area contributed by atoms with Gasteiger partial charge in [-0.15, -0.1) is 0 Å². The van der Waals surface area contributed by atoms with E-state index >= 15 is 0 Å². The molecule has 0 aromatic heterocycles. The van der Waals surface area contributed by atoms with Crippen LogP contribution in [-0.2, 0) is 0 Å². The molecular formula is C22H27P. The Labute approximate surface area is 142 Å². The van der Waals surface area contributed by atoms with Gasteiger partial charge in [-0.3, -0.25) is 0 Å². The second-order valence-corrected chi connectivity index (χ2v) is 7.82. The van der Waals surface area contributed by atoms with Crippen LogP contribution in [0.5, 0.6) is 0 Å². The molecule has 0 aliphatic rings. The molecule has 0 saturated carbocycles. The SMILES string of the molecule is CCCCCCP(/C=C\c1ccccc1)/C=C/c1ccccc1. The Hall–Kier alpha value is -1.65. The zero-order valence-electron chi connectivity index (χ0n) is 14.1. The lowest BCUT2D eigenvalue weighted by Gasteiger charge is -2.08. The average Bonchev–Trinajstić information content (AvgIpc) is 2.62. The van der Waals surface area contributed by atoms with Gasteiger partial charge in [0.15, 0.2) is 0 Å². The van der Waals surface area contributed by atoms with Gasteiger partial charge in [-0.25, -0.2) is 0 Å². The molecule has 1 unspecified atom stereocenters. The van der Waals surface area contributed by atoms with Crippen molar-refractivity contribution in [3.8, 4) is 0 Å². The third-order valence-corrected chi connectivity index (χ3v) is 5.68. The van der Waals surface area contributed by atoms with Crippen molar-refractivity contribution in [1.29, 1.82) is 0 Å². The maximum Gasteiger partial charge on any atom is -0.0256 e. The maximum absolute atomic E-state index is 2.41. The van der Waals surface area contributed by atoms with Gasteiger partial charge in [-0.1, -0.05) is 119 Å². The van der Waals surface area contributed by atoms with Crippen LogP contribution in [0.3, 0.4) is 0 Å². The first-order valence-electron chi connectivity index (χ1n) is 8.61. The molecule has 1 atom stereocenters. The number of rotatable bonds is 9. The first-order valence-corrected chi connectivity index (χ1v) is 10.3. The smallest absolute Gasteiger partial charge is 0.0256 e. The molecule has 0 spiro atoms. The molecule has 0 N–H and O–H groups in total. The van der Waals surface area contributed by atoms with Crippen LogP contribution in [0.4, 0.5) is 0 Å². The summed E-state index contributed by atoms with van der Waals surface area (Å²) in [6.07, 6.45) is 11.2. The molecule has 0 amide bonds. The van der Waals surface area contributed by atoms with E-state index in [2.05, 4.69) is 91.4 Å². The highest BCUT2D eigenvalue weighted by molar-refractivity contribution is 7.64. The summed E-state index contributed by atoms with van der Waals surface area (Å²) < 4.78 is 0. The Balaban J connectivity index is 1.99. The largest absolute Gasteiger partial charge is 0.0654 e. The maximum atomic E-state index is 2.41. The quantitative estimate of drug-likeness (QED) is 0.333. The molecule has 0 fully saturated rings. The standard InChI is InChI=1S/C22H27P/c1-2-3-4-11-18-23(19-16-21-12-7-5-8-13-21)20-17-22-14-9-6-10-15-22/h5-10,12-17,19-20H,2-4,11,18H2,1H3/b19-16-,20-17+. The van der Waals surface area contributed by atoms with Gasteiger partial charge < -0.3 is 0 Å². The summed E-state index contributed by atoms with van der Waals surface area (Å²) in [6.45, 7) is 2.27. The summed E-state index contributed by atoms with van der Waals surface area (Å²) in [6, 6.07) is 21.2. The van der Waals surface area contributed by atoms with Crippen LogP contribution < -0.4 is 0 Å². The molecule has 0 nitrogen and oxygen atoms in total. The Morgan fingerprint density at radius 3 is 1.70 bits per heavy atom. The minimum atomic E-state index is -0.186. The minimum absolute atomic E-state index is 0.186. The number of unbranched alkanes of at least 4 members (excludes halogenated alkanes) is 3. The van der Waals surface area contributed by atoms with Crippen molar-refractivity contribution in [1.82, 2.24) is 0 Å². The van der Waals surface area contributed by atoms with Gasteiger partial charge in [0.2, 0.25) is 0 Å². The van der Waals surface area contributed by atoms with Crippen molar-refractivity contribution in [2.45, 2.75) is 32.6 Å². The lowest BCUT2D eigenvalue weighted by molar-refractivity contribution is 0.705. The van der Waals surface area contributed by atoms with E-state index in [9.17, 15) is 0 Å². The Bertz CT molecular complexity index is 534. The highest BCUT2D eigenvalue weighted by Crippen LogP contribution is 2.41. The van der Waals surface area contributed by atoms with Gasteiger partial charge in [0.25, 0.3) is 0 Å². The Morgan fingerprint density at radius 2 is 1.22 bits per heavy atom. The van der Waals surface area contributed by atoms with Crippen LogP contribution in [-0.4, -0.2) is 6.16 Å². The first kappa shape index (κ1) is 17.7. The fraction of sp³-hybridized carbons (Fsp3) is 0.273. The third kappa shape index (κ3) is 7.44. The topological polar surface area (TPSA) is 0 Å². The summed E-state index contributed by atoms with van der Waals surface area (Å²) >= 11 is 0. The van der Waals surface area contributed by atoms with Crippen LogP contribution in [0.15, 0.2) is 72.3 Å². The van der Waals surface area contributed by atoms with Crippen molar-refractivity contribution in [3.05, 3.63) is 83.4 Å². The van der Waals surface area contributed by atoms with Crippen molar-refractivity contribution in [2.75, 3.05) is 6.16 Å². The average molecular weight is 322 g/mol. The molecule has 2 rings (SSSR count). The van der Waals surface area contributed by atoms with Gasteiger partial charge in [-0.05, 0) is 23.7 Å². The van der Waals surface area contributed by atoms with Crippen LogP contribution in [0, 0.1) is 0 Å². The summed E-state index contributed by atoms with van der Waals surface area (Å²) in [5.74, 6) is 4.83. The monoisotopic (exact) mass is 322 g/mol. The first-order chi connectivity index (χ1) is 11.4. The van der Waals surface area contributed by atoms with E-state index < -0.39 is 0 Å². The van der Waals surface area contributed by atoms with Crippen molar-refractivity contribution < 1.29 is 0 Å². The lowest BCUT2D eigenvalue weighted by atomic mass is 10.2. The molecule has 0 heterocycles. The summed E-state index contributed by atoms with van der Waals surface area (Å²) in [5, 5.41) is 0. The van der Waals surface area contributed by atoms with Crippen LogP contribution in [0.25, 0.3) is 12.2 Å². The number of hydrogen-bond acceptors (Lipinski definition) is 0. The number of benzene rings is 2. The van der Waals surface area contributed by atoms with E-state index in [-0.39, 0.29) is 7.92 Å². The van der Waals surface area contributed by atoms with Gasteiger partial charge in [0, 0.05) is 0 Å². The third-order valence-electron chi connectivity index (χ3n) is 3.79. The fourth-order valence-corrected chi connectivity index (χ4v) is 4.13. The molecule has 0 bridgehead atoms. The van der Waals surface area contributed by atoms with E-state index in [0.717, 1.165) is 0 Å². The molecule has 23 heavy (non-hydrogen) atoms. The number of hydrogen-bond donors (Lipinski definition) is 0. The van der Waals surface area contributed by atoms with E-state index in [1.54, 1.807) is 0 Å². The normalized spacial score (nSPS) is 12.9. The Kier molecular flexibility index (Phi) is 8.45. The summed E-state index contributed by atoms with van der Waals surface area (Å²) in [7, 11) is -0.186. The highest BCUT2D eigenvalue weighted by Gasteiger charge is 2.00. The van der Waals surface area contributed by atoms with E-state index in [1.807, 2.05) is 0 Å². The van der Waals surface area contributed by atoms with Crippen LogP contribution >= 0.6 is 7.92 Å². The zero-order valence-corrected chi connectivity index (χ0v) is 15.0. The molecule has 0 saturated heterocycles. The van der Waals surface area contributed by atoms with Gasteiger partial charge in [-0.2, -0.15) is 0 Å². The summed E-state index contributed by atoms with van der Waals surface area (Å²) in [5.41, 5.74) is 2.59. The van der Waals surface area contributed by atoms with Crippen LogP contribution in [0.1, 0.15) is 43.7 Å². The van der Waals surface area contributed by atoms with Gasteiger partial charge in [0.1, 0.15) is 0 Å². The molecule has 120 valence electrons. The molecule has 1 heteroatoms. The minimum Gasteiger partial charge on any atom is -0.0654 e. The lowest BCUT2D eigenvalue weighted by Crippen LogP contribution is -1.82. The molecule has 2 aromatic carbocycles. The van der Waals surface area contributed by atoms with E-state index in [0.29, 0.717) is 0 Å². The van der Waals surface area contributed by atoms with Crippen LogP contribution in [0.2, 0.25) is 0 Å². The predicted octanol–water partition coefficient (Wildman–Crippen LogP) is 7.39. The van der Waals surface area contributed by atoms with Gasteiger partial charge >= 0.3 is 0 Å². The second kappa shape index (κ2) is 11.0. The predicted molar refractivity (Wildman–Crippen MR) is 107 cm³/mol. The molecule has 0 radical (unpaired) electrons. The second-order valence-electron chi connectivity index (χ2n) is 5.75. The molecular weight excluding hydrogens is 295 g/mol. The molecule has 0 aliphatic carbocycles. The van der Waals surface area contributed by atoms with Gasteiger partial charge in [0.05, 0.1) is 0 Å². The zero-order chi connectivity index (χ0) is 16.2. The fourth-order valence-electron chi connectivity index (χ4n) is 2.41. The highest BCUT2D eigenvalue weighted by atomic mass is 31.1. The van der Waals surface area contributed by atoms with Crippen molar-refractivity contribution in [3.63, 3.8) is 0 Å². The summed E-state index contributed by atoms with van der Waals surface area (Å²) in [4.78, 5) is 0. The van der Waals surface area contributed by atoms with E-state index in [4.69, 9.17) is 0 Å².